The quantitative estimate of drug-likeness (QED) is 0.489. The number of aryl methyl sites for hydroxylation is 2. The maximum Gasteiger partial charge on any atom is 0.248 e. The molecule has 2 bridgehead atoms. The number of likely N-dealkylation sites (tertiary alicyclic amines) is 1. The number of aliphatic hydroxyl groups is 1. The van der Waals surface area contributed by atoms with Crippen LogP contribution in [0.15, 0.2) is 48.5 Å². The maximum absolute atomic E-state index is 14.3. The summed E-state index contributed by atoms with van der Waals surface area (Å²) in [7, 11) is 0. The van der Waals surface area contributed by atoms with E-state index in [0.29, 0.717) is 12.1 Å². The highest BCUT2D eigenvalue weighted by molar-refractivity contribution is 8.02. The summed E-state index contributed by atoms with van der Waals surface area (Å²) in [6, 6.07) is 13.8. The Bertz CT molecular complexity index is 1250. The van der Waals surface area contributed by atoms with Gasteiger partial charge < -0.3 is 20.6 Å². The third kappa shape index (κ3) is 4.04. The number of anilines is 2. The fraction of sp³-hybridized carbons (Fsp3) is 0.500. The van der Waals surface area contributed by atoms with Crippen LogP contribution in [-0.4, -0.2) is 55.9 Å². The summed E-state index contributed by atoms with van der Waals surface area (Å²) in [5, 5.41) is 16.6. The molecule has 0 radical (unpaired) electrons. The fourth-order valence-electron chi connectivity index (χ4n) is 6.99. The number of carbonyl (C=O) groups excluding carboxylic acids is 3. The Hall–Kier alpha value is -2.84. The first kappa shape index (κ1) is 26.8. The lowest BCUT2D eigenvalue weighted by atomic mass is 9.66. The van der Waals surface area contributed by atoms with Gasteiger partial charge in [-0.25, -0.2) is 0 Å². The van der Waals surface area contributed by atoms with Gasteiger partial charge in [-0.3, -0.25) is 14.4 Å². The number of fused-ring (bicyclic) bond motifs is 1. The molecule has 8 heteroatoms. The molecule has 0 saturated carbocycles. The van der Waals surface area contributed by atoms with Crippen molar-refractivity contribution in [1.82, 2.24) is 4.90 Å². The molecule has 3 aliphatic heterocycles. The van der Waals surface area contributed by atoms with Gasteiger partial charge in [0.1, 0.15) is 6.04 Å². The number of amides is 3. The maximum atomic E-state index is 14.3. The van der Waals surface area contributed by atoms with E-state index in [9.17, 15) is 19.5 Å². The average molecular weight is 536 g/mol. The highest BCUT2D eigenvalue weighted by Crippen LogP contribution is 2.71. The molecule has 3 heterocycles. The van der Waals surface area contributed by atoms with Crippen molar-refractivity contribution < 1.29 is 19.5 Å². The smallest absolute Gasteiger partial charge is 0.248 e. The number of hydrogen-bond acceptors (Lipinski definition) is 5. The lowest BCUT2D eigenvalue weighted by molar-refractivity contribution is -0.142. The van der Waals surface area contributed by atoms with Crippen LogP contribution in [0.25, 0.3) is 0 Å². The molecule has 0 aromatic heterocycles. The van der Waals surface area contributed by atoms with Crippen molar-refractivity contribution >= 4 is 40.9 Å². The highest BCUT2D eigenvalue weighted by Gasteiger charge is 2.77. The SMILES string of the molecule is Cc1cccc(C)c1NC(=O)C1N([C@@H](CO)C(C)C)C(=O)[C@@H]2[C@H](C(=O)Nc3ccccc3)[C@]3(C)CCC12S3. The molecular formula is C30H37N3O4S. The molecule has 2 aromatic carbocycles. The van der Waals surface area contributed by atoms with E-state index < -0.39 is 33.4 Å². The first-order valence-electron chi connectivity index (χ1n) is 13.4. The summed E-state index contributed by atoms with van der Waals surface area (Å²) in [5.74, 6) is -1.93. The number of rotatable bonds is 7. The number of benzene rings is 2. The molecule has 7 nitrogen and oxygen atoms in total. The molecule has 2 aromatic rings. The molecule has 2 unspecified atom stereocenters. The summed E-state index contributed by atoms with van der Waals surface area (Å²) in [4.78, 5) is 44.0. The average Bonchev–Trinajstić information content (AvgIpc) is 3.43. The van der Waals surface area contributed by atoms with Crippen molar-refractivity contribution in [1.29, 1.82) is 0 Å². The number of nitrogens with one attached hydrogen (secondary N) is 2. The van der Waals surface area contributed by atoms with Crippen molar-refractivity contribution in [2.45, 2.75) is 69.0 Å². The van der Waals surface area contributed by atoms with Gasteiger partial charge in [-0.15, -0.1) is 11.8 Å². The van der Waals surface area contributed by atoms with Crippen molar-refractivity contribution in [3.8, 4) is 0 Å². The Morgan fingerprint density at radius 1 is 1.03 bits per heavy atom. The summed E-state index contributed by atoms with van der Waals surface area (Å²) in [6.07, 6.45) is 1.40. The number of thioether (sulfide) groups is 1. The van der Waals surface area contributed by atoms with Crippen LogP contribution in [0.2, 0.25) is 0 Å². The van der Waals surface area contributed by atoms with Crippen molar-refractivity contribution in [2.24, 2.45) is 17.8 Å². The van der Waals surface area contributed by atoms with Gasteiger partial charge in [0.05, 0.1) is 29.2 Å². The molecule has 3 N–H and O–H groups in total. The molecule has 3 saturated heterocycles. The lowest BCUT2D eigenvalue weighted by Gasteiger charge is -2.38. The number of carbonyl (C=O) groups is 3. The van der Waals surface area contributed by atoms with Gasteiger partial charge in [-0.1, -0.05) is 50.2 Å². The number of aliphatic hydroxyl groups excluding tert-OH is 1. The molecule has 5 rings (SSSR count). The first-order chi connectivity index (χ1) is 18.0. The van der Waals surface area contributed by atoms with E-state index in [4.69, 9.17) is 0 Å². The Kier molecular flexibility index (Phi) is 6.84. The van der Waals surface area contributed by atoms with Crippen LogP contribution in [0, 0.1) is 31.6 Å². The first-order valence-corrected chi connectivity index (χ1v) is 14.2. The van der Waals surface area contributed by atoms with E-state index in [1.807, 2.05) is 76.2 Å². The summed E-state index contributed by atoms with van der Waals surface area (Å²) >= 11 is 1.64. The molecule has 3 amide bonds. The Labute approximate surface area is 228 Å². The van der Waals surface area contributed by atoms with Crippen LogP contribution >= 0.6 is 11.8 Å². The third-order valence-corrected chi connectivity index (χ3v) is 10.8. The second-order valence-electron chi connectivity index (χ2n) is 11.6. The predicted octanol–water partition coefficient (Wildman–Crippen LogP) is 4.38. The normalized spacial score (nSPS) is 30.4. The van der Waals surface area contributed by atoms with Gasteiger partial charge >= 0.3 is 0 Å². The molecular weight excluding hydrogens is 498 g/mol. The Balaban J connectivity index is 1.57. The summed E-state index contributed by atoms with van der Waals surface area (Å²) in [5.41, 5.74) is 3.32. The monoisotopic (exact) mass is 535 g/mol. The molecule has 3 fully saturated rings. The van der Waals surface area contributed by atoms with Crippen molar-refractivity contribution in [2.75, 3.05) is 17.2 Å². The minimum Gasteiger partial charge on any atom is -0.394 e. The largest absolute Gasteiger partial charge is 0.394 e. The zero-order valence-corrected chi connectivity index (χ0v) is 23.5. The zero-order chi connectivity index (χ0) is 27.4. The van der Waals surface area contributed by atoms with Crippen molar-refractivity contribution in [3.63, 3.8) is 0 Å². The van der Waals surface area contributed by atoms with Crippen LogP contribution in [0.5, 0.6) is 0 Å². The second-order valence-corrected chi connectivity index (χ2v) is 13.5. The van der Waals surface area contributed by atoms with Crippen LogP contribution < -0.4 is 10.6 Å². The van der Waals surface area contributed by atoms with E-state index in [0.717, 1.165) is 23.2 Å². The standard InChI is InChI=1S/C30H37N3O4S/c1-17(2)21(16-34)33-25(27(36)32-24-18(3)10-9-11-19(24)4)30-15-14-29(5,38-30)22(23(30)28(33)37)26(35)31-20-12-7-6-8-13-20/h6-13,17,21-23,25,34H,14-16H2,1-5H3,(H,31,35)(H,32,36)/t21-,22+,23-,25?,29-,30?/m0/s1. The molecule has 38 heavy (non-hydrogen) atoms. The van der Waals surface area contributed by atoms with Gasteiger partial charge in [0.25, 0.3) is 0 Å². The number of hydrogen-bond donors (Lipinski definition) is 3. The number of para-hydroxylation sites is 2. The van der Waals surface area contributed by atoms with Crippen LogP contribution in [0.3, 0.4) is 0 Å². The zero-order valence-electron chi connectivity index (χ0n) is 22.7. The topological polar surface area (TPSA) is 98.7 Å². The van der Waals surface area contributed by atoms with Gasteiger partial charge in [0.15, 0.2) is 0 Å². The van der Waals surface area contributed by atoms with E-state index in [2.05, 4.69) is 17.6 Å². The molecule has 202 valence electrons. The second kappa shape index (κ2) is 9.72. The van der Waals surface area contributed by atoms with Gasteiger partial charge in [0.2, 0.25) is 17.7 Å². The third-order valence-electron chi connectivity index (χ3n) is 8.83. The summed E-state index contributed by atoms with van der Waals surface area (Å²) < 4.78 is -1.21. The van der Waals surface area contributed by atoms with Gasteiger partial charge in [-0.05, 0) is 62.8 Å². The van der Waals surface area contributed by atoms with Gasteiger partial charge in [0, 0.05) is 16.1 Å². The van der Waals surface area contributed by atoms with E-state index >= 15 is 0 Å². The van der Waals surface area contributed by atoms with E-state index in [1.165, 1.54) is 0 Å². The summed E-state index contributed by atoms with van der Waals surface area (Å²) in [6.45, 7) is 9.61. The lowest BCUT2D eigenvalue weighted by Crippen LogP contribution is -2.56. The van der Waals surface area contributed by atoms with Crippen molar-refractivity contribution in [3.05, 3.63) is 59.7 Å². The molecule has 1 spiro atoms. The predicted molar refractivity (Wildman–Crippen MR) is 151 cm³/mol. The molecule has 6 atom stereocenters. The van der Waals surface area contributed by atoms with Gasteiger partial charge in [-0.2, -0.15) is 0 Å². The minimum absolute atomic E-state index is 0.0657. The van der Waals surface area contributed by atoms with E-state index in [-0.39, 0.29) is 30.2 Å². The Morgan fingerprint density at radius 3 is 2.29 bits per heavy atom. The Morgan fingerprint density at radius 2 is 1.68 bits per heavy atom. The number of nitrogens with zero attached hydrogens (tertiary/aromatic N) is 1. The van der Waals surface area contributed by atoms with E-state index in [1.54, 1.807) is 16.7 Å². The van der Waals surface area contributed by atoms with Crippen LogP contribution in [-0.2, 0) is 14.4 Å². The van der Waals surface area contributed by atoms with Crippen LogP contribution in [0.1, 0.15) is 44.7 Å². The van der Waals surface area contributed by atoms with Crippen LogP contribution in [0.4, 0.5) is 11.4 Å². The fourth-order valence-corrected chi connectivity index (χ4v) is 9.33. The minimum atomic E-state index is -0.792. The molecule has 3 aliphatic rings. The highest BCUT2D eigenvalue weighted by atomic mass is 32.2. The molecule has 0 aliphatic carbocycles.